The van der Waals surface area contributed by atoms with Crippen molar-refractivity contribution in [2.75, 3.05) is 20.3 Å². The fourth-order valence-corrected chi connectivity index (χ4v) is 1.55. The van der Waals surface area contributed by atoms with Gasteiger partial charge in [-0.05, 0) is 25.5 Å². The zero-order valence-corrected chi connectivity index (χ0v) is 11.0. The Morgan fingerprint density at radius 2 is 2.06 bits per heavy atom. The van der Waals surface area contributed by atoms with Crippen LogP contribution in [0.25, 0.3) is 0 Å². The largest absolute Gasteiger partial charge is 0.490 e. The maximum Gasteiger partial charge on any atom is 0.166 e. The van der Waals surface area contributed by atoms with Crippen molar-refractivity contribution in [1.29, 1.82) is 0 Å². The lowest BCUT2D eigenvalue weighted by molar-refractivity contribution is 0.0970. The van der Waals surface area contributed by atoms with E-state index < -0.39 is 0 Å². The van der Waals surface area contributed by atoms with Crippen molar-refractivity contribution >= 4 is 5.78 Å². The summed E-state index contributed by atoms with van der Waals surface area (Å²) in [6, 6.07) is 7.31. The van der Waals surface area contributed by atoms with Crippen LogP contribution in [0.15, 0.2) is 24.3 Å². The predicted molar refractivity (Wildman–Crippen MR) is 71.0 cm³/mol. The molecule has 0 aliphatic carbocycles. The van der Waals surface area contributed by atoms with Gasteiger partial charge in [-0.15, -0.1) is 0 Å². The third-order valence-corrected chi connectivity index (χ3v) is 2.56. The van der Waals surface area contributed by atoms with Gasteiger partial charge in [0.2, 0.25) is 0 Å². The summed E-state index contributed by atoms with van der Waals surface area (Å²) in [4.78, 5) is 12.0. The number of rotatable bonds is 8. The van der Waals surface area contributed by atoms with Crippen molar-refractivity contribution in [3.8, 4) is 5.75 Å². The smallest absolute Gasteiger partial charge is 0.166 e. The number of ketones is 1. The van der Waals surface area contributed by atoms with Crippen LogP contribution in [0.4, 0.5) is 0 Å². The number of Topliss-reactive ketones (excluding diaryl/α,β-unsaturated/α-hetero) is 1. The van der Waals surface area contributed by atoms with Crippen LogP contribution >= 0.6 is 0 Å². The highest BCUT2D eigenvalue weighted by atomic mass is 16.5. The summed E-state index contributed by atoms with van der Waals surface area (Å²) in [6.45, 7) is 2.84. The zero-order chi connectivity index (χ0) is 13.4. The molecule has 0 radical (unpaired) electrons. The molecular weight excluding hydrogens is 230 g/mol. The number of hydrogen-bond acceptors (Lipinski definition) is 4. The lowest BCUT2D eigenvalue weighted by atomic mass is 10.0. The van der Waals surface area contributed by atoms with E-state index in [2.05, 4.69) is 0 Å². The van der Waals surface area contributed by atoms with Crippen LogP contribution in [0.3, 0.4) is 0 Å². The molecule has 1 unspecified atom stereocenters. The number of para-hydroxylation sites is 1. The molecular formula is C14H21NO3. The molecule has 0 heterocycles. The molecule has 1 atom stereocenters. The Kier molecular flexibility index (Phi) is 6.39. The molecule has 1 aromatic carbocycles. The number of nitrogens with two attached hydrogens (primary N) is 1. The fraction of sp³-hybridized carbons (Fsp3) is 0.500. The monoisotopic (exact) mass is 251 g/mol. The molecule has 1 aromatic rings. The summed E-state index contributed by atoms with van der Waals surface area (Å²) in [7, 11) is 1.61. The van der Waals surface area contributed by atoms with E-state index in [1.165, 1.54) is 0 Å². The summed E-state index contributed by atoms with van der Waals surface area (Å²) in [6.07, 6.45) is 1.13. The van der Waals surface area contributed by atoms with Crippen LogP contribution in [0.1, 0.15) is 30.1 Å². The van der Waals surface area contributed by atoms with Crippen LogP contribution in [-0.4, -0.2) is 32.1 Å². The van der Waals surface area contributed by atoms with Crippen LogP contribution in [0.2, 0.25) is 0 Å². The molecule has 0 saturated carbocycles. The molecule has 0 aliphatic heterocycles. The summed E-state index contributed by atoms with van der Waals surface area (Å²) in [5, 5.41) is 0. The van der Waals surface area contributed by atoms with Gasteiger partial charge in [0, 0.05) is 19.6 Å². The molecule has 2 N–H and O–H groups in total. The highest BCUT2D eigenvalue weighted by molar-refractivity contribution is 5.98. The molecule has 0 bridgehead atoms. The highest BCUT2D eigenvalue weighted by Gasteiger charge is 2.12. The van der Waals surface area contributed by atoms with Crippen LogP contribution in [-0.2, 0) is 4.74 Å². The lowest BCUT2D eigenvalue weighted by Gasteiger charge is -2.11. The Bertz CT molecular complexity index is 377. The van der Waals surface area contributed by atoms with E-state index in [4.69, 9.17) is 15.2 Å². The van der Waals surface area contributed by atoms with E-state index in [9.17, 15) is 4.79 Å². The Morgan fingerprint density at radius 3 is 2.72 bits per heavy atom. The van der Waals surface area contributed by atoms with E-state index >= 15 is 0 Å². The van der Waals surface area contributed by atoms with Gasteiger partial charge in [0.1, 0.15) is 12.4 Å². The van der Waals surface area contributed by atoms with Crippen molar-refractivity contribution in [3.63, 3.8) is 0 Å². The number of ether oxygens (including phenoxy) is 2. The number of carbonyl (C=O) groups excluding carboxylic acids is 1. The van der Waals surface area contributed by atoms with Crippen molar-refractivity contribution < 1.29 is 14.3 Å². The van der Waals surface area contributed by atoms with Gasteiger partial charge in [-0.3, -0.25) is 4.79 Å². The third-order valence-electron chi connectivity index (χ3n) is 2.56. The van der Waals surface area contributed by atoms with Gasteiger partial charge in [0.15, 0.2) is 5.78 Å². The van der Waals surface area contributed by atoms with E-state index in [0.29, 0.717) is 37.4 Å². The van der Waals surface area contributed by atoms with Gasteiger partial charge in [-0.2, -0.15) is 0 Å². The number of methoxy groups -OCH3 is 1. The van der Waals surface area contributed by atoms with E-state index in [1.807, 2.05) is 19.1 Å². The minimum absolute atomic E-state index is 0.0375. The van der Waals surface area contributed by atoms with Gasteiger partial charge in [-0.1, -0.05) is 12.1 Å². The Hall–Kier alpha value is -1.39. The molecule has 0 spiro atoms. The Labute approximate surface area is 108 Å². The van der Waals surface area contributed by atoms with Gasteiger partial charge >= 0.3 is 0 Å². The molecule has 1 rings (SSSR count). The standard InChI is InChI=1S/C14H21NO3/c1-11(15)7-8-13(16)12-5-3-4-6-14(12)18-10-9-17-2/h3-6,11H,7-10,15H2,1-2H3. The molecule has 4 nitrogen and oxygen atoms in total. The summed E-state index contributed by atoms with van der Waals surface area (Å²) >= 11 is 0. The first-order valence-corrected chi connectivity index (χ1v) is 6.14. The van der Waals surface area contributed by atoms with Crippen LogP contribution < -0.4 is 10.5 Å². The van der Waals surface area contributed by atoms with Crippen molar-refractivity contribution in [3.05, 3.63) is 29.8 Å². The van der Waals surface area contributed by atoms with Gasteiger partial charge < -0.3 is 15.2 Å². The molecule has 18 heavy (non-hydrogen) atoms. The number of hydrogen-bond donors (Lipinski definition) is 1. The third kappa shape index (κ3) is 4.85. The van der Waals surface area contributed by atoms with Gasteiger partial charge in [0.05, 0.1) is 12.2 Å². The minimum atomic E-state index is 0.0375. The van der Waals surface area contributed by atoms with Crippen LogP contribution in [0, 0.1) is 0 Å². The molecule has 0 aromatic heterocycles. The molecule has 100 valence electrons. The number of carbonyl (C=O) groups is 1. The Morgan fingerprint density at radius 1 is 1.33 bits per heavy atom. The normalized spacial score (nSPS) is 12.2. The minimum Gasteiger partial charge on any atom is -0.490 e. The van der Waals surface area contributed by atoms with Crippen LogP contribution in [0.5, 0.6) is 5.75 Å². The highest BCUT2D eigenvalue weighted by Crippen LogP contribution is 2.20. The summed E-state index contributed by atoms with van der Waals surface area (Å²) < 4.78 is 10.4. The van der Waals surface area contributed by atoms with Gasteiger partial charge in [0.25, 0.3) is 0 Å². The van der Waals surface area contributed by atoms with Gasteiger partial charge in [-0.25, -0.2) is 0 Å². The molecule has 0 amide bonds. The quantitative estimate of drug-likeness (QED) is 0.567. The number of benzene rings is 1. The predicted octanol–water partition coefficient (Wildman–Crippen LogP) is 2.02. The van der Waals surface area contributed by atoms with Crippen molar-refractivity contribution in [2.45, 2.75) is 25.8 Å². The summed E-state index contributed by atoms with van der Waals surface area (Å²) in [5.74, 6) is 0.685. The van der Waals surface area contributed by atoms with Crippen molar-refractivity contribution in [2.24, 2.45) is 5.73 Å². The zero-order valence-electron chi connectivity index (χ0n) is 11.0. The van der Waals surface area contributed by atoms with Crippen molar-refractivity contribution in [1.82, 2.24) is 0 Å². The molecule has 4 heteroatoms. The summed E-state index contributed by atoms with van der Waals surface area (Å²) in [5.41, 5.74) is 6.27. The average Bonchev–Trinajstić information content (AvgIpc) is 2.37. The SMILES string of the molecule is COCCOc1ccccc1C(=O)CCC(C)N. The first kappa shape index (κ1) is 14.7. The second kappa shape index (κ2) is 7.84. The topological polar surface area (TPSA) is 61.5 Å². The van der Waals surface area contributed by atoms with E-state index in [1.54, 1.807) is 19.2 Å². The second-order valence-corrected chi connectivity index (χ2v) is 4.28. The molecule has 0 aliphatic rings. The fourth-order valence-electron chi connectivity index (χ4n) is 1.55. The maximum absolute atomic E-state index is 12.0. The first-order valence-electron chi connectivity index (χ1n) is 6.14. The lowest BCUT2D eigenvalue weighted by Crippen LogP contribution is -2.16. The average molecular weight is 251 g/mol. The Balaban J connectivity index is 2.65. The van der Waals surface area contributed by atoms with E-state index in [0.717, 1.165) is 0 Å². The molecule has 0 fully saturated rings. The van der Waals surface area contributed by atoms with E-state index in [-0.39, 0.29) is 11.8 Å². The molecule has 0 saturated heterocycles. The first-order chi connectivity index (χ1) is 8.65. The second-order valence-electron chi connectivity index (χ2n) is 4.28. The maximum atomic E-state index is 12.0.